The van der Waals surface area contributed by atoms with Gasteiger partial charge in [0, 0.05) is 37.6 Å². The number of ether oxygens (including phenoxy) is 1. The first-order chi connectivity index (χ1) is 13.7. The topological polar surface area (TPSA) is 44.1 Å². The summed E-state index contributed by atoms with van der Waals surface area (Å²) in [7, 11) is 1.66. The average molecular weight is 374 g/mol. The molecule has 0 atom stereocenters. The Morgan fingerprint density at radius 2 is 1.82 bits per heavy atom. The quantitative estimate of drug-likeness (QED) is 0.577. The monoisotopic (exact) mass is 374 g/mol. The van der Waals surface area contributed by atoms with Crippen molar-refractivity contribution in [1.29, 1.82) is 0 Å². The molecule has 1 aromatic heterocycles. The summed E-state index contributed by atoms with van der Waals surface area (Å²) < 4.78 is 7.50. The van der Waals surface area contributed by atoms with Crippen LogP contribution in [0, 0.1) is 0 Å². The molecule has 28 heavy (non-hydrogen) atoms. The molecule has 2 heterocycles. The molecule has 0 saturated heterocycles. The number of benzene rings is 2. The smallest absolute Gasteiger partial charge is 0.133 e. The molecule has 0 N–H and O–H groups in total. The second-order valence-electron chi connectivity index (χ2n) is 7.43. The van der Waals surface area contributed by atoms with Gasteiger partial charge in [0.2, 0.25) is 0 Å². The molecule has 0 saturated carbocycles. The minimum atomic E-state index is 0.300. The number of rotatable bonds is 8. The zero-order valence-corrected chi connectivity index (χ0v) is 16.4. The van der Waals surface area contributed by atoms with E-state index in [-0.39, 0.29) is 0 Å². The van der Waals surface area contributed by atoms with Crippen molar-refractivity contribution in [3.05, 3.63) is 71.7 Å². The number of hydrogen-bond acceptors (Lipinski definition) is 3. The molecule has 0 unspecified atom stereocenters. The van der Waals surface area contributed by atoms with E-state index in [9.17, 15) is 4.79 Å². The molecule has 4 heteroatoms. The van der Waals surface area contributed by atoms with Gasteiger partial charge in [0.15, 0.2) is 0 Å². The van der Waals surface area contributed by atoms with Gasteiger partial charge >= 0.3 is 0 Å². The van der Waals surface area contributed by atoms with Crippen LogP contribution in [0.1, 0.15) is 36.2 Å². The summed E-state index contributed by atoms with van der Waals surface area (Å²) in [5.41, 5.74) is 4.52. The lowest BCUT2D eigenvalue weighted by Crippen LogP contribution is -2.02. The average Bonchev–Trinajstić information content (AvgIpc) is 3.33. The van der Waals surface area contributed by atoms with E-state index in [1.54, 1.807) is 7.11 Å². The predicted octanol–water partition coefficient (Wildman–Crippen LogP) is 4.64. The Labute approximate surface area is 166 Å². The highest BCUT2D eigenvalue weighted by Gasteiger charge is 2.14. The number of ketones is 1. The minimum Gasteiger partial charge on any atom is -0.497 e. The lowest BCUT2D eigenvalue weighted by atomic mass is 10.0. The van der Waals surface area contributed by atoms with E-state index in [4.69, 9.17) is 9.72 Å². The summed E-state index contributed by atoms with van der Waals surface area (Å²) in [5, 5.41) is 0. The molecular weight excluding hydrogens is 348 g/mol. The third-order valence-corrected chi connectivity index (χ3v) is 5.40. The number of carbonyl (C=O) groups excluding carboxylic acids is 1. The third-order valence-electron chi connectivity index (χ3n) is 5.40. The molecule has 0 spiro atoms. The van der Waals surface area contributed by atoms with Crippen LogP contribution in [0.25, 0.3) is 11.3 Å². The lowest BCUT2D eigenvalue weighted by Gasteiger charge is -2.06. The fourth-order valence-corrected chi connectivity index (χ4v) is 3.80. The van der Waals surface area contributed by atoms with Crippen LogP contribution in [0.3, 0.4) is 0 Å². The van der Waals surface area contributed by atoms with Crippen molar-refractivity contribution in [3.63, 3.8) is 0 Å². The molecule has 2 aromatic carbocycles. The number of methoxy groups -OCH3 is 1. The number of fused-ring (bicyclic) bond motifs is 1. The van der Waals surface area contributed by atoms with E-state index >= 15 is 0 Å². The summed E-state index contributed by atoms with van der Waals surface area (Å²) in [6.45, 7) is 1.07. The van der Waals surface area contributed by atoms with Crippen LogP contribution in [0.2, 0.25) is 0 Å². The molecule has 0 aliphatic carbocycles. The largest absolute Gasteiger partial charge is 0.497 e. The van der Waals surface area contributed by atoms with E-state index in [1.807, 2.05) is 24.3 Å². The summed E-state index contributed by atoms with van der Waals surface area (Å²) in [5.74, 6) is 2.33. The fraction of sp³-hybridized carbons (Fsp3) is 0.333. The van der Waals surface area contributed by atoms with E-state index in [2.05, 4.69) is 35.0 Å². The van der Waals surface area contributed by atoms with Crippen LogP contribution >= 0.6 is 0 Å². The van der Waals surface area contributed by atoms with Crippen molar-refractivity contribution in [2.75, 3.05) is 7.11 Å². The van der Waals surface area contributed by atoms with Gasteiger partial charge in [-0.15, -0.1) is 0 Å². The lowest BCUT2D eigenvalue weighted by molar-refractivity contribution is -0.119. The summed E-state index contributed by atoms with van der Waals surface area (Å²) in [6, 6.07) is 16.4. The maximum atomic E-state index is 12.3. The third kappa shape index (κ3) is 4.33. The zero-order valence-electron chi connectivity index (χ0n) is 16.4. The highest BCUT2D eigenvalue weighted by molar-refractivity contribution is 5.79. The molecule has 4 rings (SSSR count). The number of nitrogens with zero attached hydrogens (tertiary/aromatic N) is 2. The van der Waals surface area contributed by atoms with Crippen LogP contribution in [0.4, 0.5) is 0 Å². The first kappa shape index (κ1) is 18.5. The van der Waals surface area contributed by atoms with Crippen molar-refractivity contribution < 1.29 is 9.53 Å². The van der Waals surface area contributed by atoms with Crippen LogP contribution in [0.15, 0.2) is 54.7 Å². The van der Waals surface area contributed by atoms with Gasteiger partial charge in [-0.1, -0.05) is 30.3 Å². The normalized spacial score (nSPS) is 12.8. The van der Waals surface area contributed by atoms with Gasteiger partial charge in [-0.25, -0.2) is 4.98 Å². The number of Topliss-reactive ketones (excluding diaryl/α,β-unsaturated/α-hetero) is 1. The van der Waals surface area contributed by atoms with E-state index in [0.717, 1.165) is 48.4 Å². The zero-order chi connectivity index (χ0) is 19.3. The minimum absolute atomic E-state index is 0.300. The Bertz CT molecular complexity index is 953. The van der Waals surface area contributed by atoms with Crippen molar-refractivity contribution >= 4 is 5.78 Å². The fourth-order valence-electron chi connectivity index (χ4n) is 3.80. The maximum absolute atomic E-state index is 12.3. The highest BCUT2D eigenvalue weighted by Crippen LogP contribution is 2.24. The van der Waals surface area contributed by atoms with Crippen molar-refractivity contribution in [1.82, 2.24) is 9.55 Å². The van der Waals surface area contributed by atoms with Crippen LogP contribution in [-0.4, -0.2) is 22.4 Å². The van der Waals surface area contributed by atoms with Crippen molar-refractivity contribution in [2.45, 2.75) is 45.1 Å². The molecule has 0 bridgehead atoms. The standard InChI is InChI=1S/C24H26N2O2/c1-28-22-8-3-6-19(16-22)11-13-21(27)12-10-18-5-2-7-20(15-18)23-17-26-14-4-9-24(26)25-23/h2-3,5-8,15-17H,4,9-14H2,1H3. The highest BCUT2D eigenvalue weighted by atomic mass is 16.5. The Morgan fingerprint density at radius 3 is 2.57 bits per heavy atom. The molecule has 4 nitrogen and oxygen atoms in total. The second-order valence-corrected chi connectivity index (χ2v) is 7.43. The van der Waals surface area contributed by atoms with Crippen LogP contribution < -0.4 is 4.74 Å². The Hall–Kier alpha value is -2.88. The van der Waals surface area contributed by atoms with Crippen molar-refractivity contribution in [2.24, 2.45) is 0 Å². The number of hydrogen-bond donors (Lipinski definition) is 0. The number of aryl methyl sites for hydroxylation is 4. The molecule has 144 valence electrons. The van der Waals surface area contributed by atoms with Gasteiger partial charge in [-0.05, 0) is 48.6 Å². The number of carbonyl (C=O) groups is 1. The number of imidazole rings is 1. The van der Waals surface area contributed by atoms with Gasteiger partial charge in [-0.2, -0.15) is 0 Å². The first-order valence-electron chi connectivity index (χ1n) is 10.0. The summed E-state index contributed by atoms with van der Waals surface area (Å²) >= 11 is 0. The van der Waals surface area contributed by atoms with Crippen LogP contribution in [0.5, 0.6) is 5.75 Å². The molecule has 0 radical (unpaired) electrons. The Kier molecular flexibility index (Phi) is 5.56. The van der Waals surface area contributed by atoms with Gasteiger partial charge in [0.05, 0.1) is 12.8 Å². The molecular formula is C24H26N2O2. The molecule has 1 aliphatic rings. The Balaban J connectivity index is 1.32. The predicted molar refractivity (Wildman–Crippen MR) is 111 cm³/mol. The Morgan fingerprint density at radius 1 is 1.07 bits per heavy atom. The van der Waals surface area contributed by atoms with Gasteiger partial charge in [0.1, 0.15) is 17.4 Å². The number of aromatic nitrogens is 2. The maximum Gasteiger partial charge on any atom is 0.133 e. The second kappa shape index (κ2) is 8.42. The van der Waals surface area contributed by atoms with E-state index in [0.29, 0.717) is 18.6 Å². The van der Waals surface area contributed by atoms with Gasteiger partial charge in [0.25, 0.3) is 0 Å². The molecule has 0 fully saturated rings. The molecule has 3 aromatic rings. The first-order valence-corrected chi connectivity index (χ1v) is 10.0. The van der Waals surface area contributed by atoms with Crippen LogP contribution in [-0.2, 0) is 30.6 Å². The molecule has 0 amide bonds. The van der Waals surface area contributed by atoms with E-state index < -0.39 is 0 Å². The summed E-state index contributed by atoms with van der Waals surface area (Å²) in [6.07, 6.45) is 7.10. The SMILES string of the molecule is COc1cccc(CCC(=O)CCc2cccc(-c3cn4c(n3)CCC4)c2)c1. The molecule has 1 aliphatic heterocycles. The van der Waals surface area contributed by atoms with Crippen molar-refractivity contribution in [3.8, 4) is 17.0 Å². The van der Waals surface area contributed by atoms with Gasteiger partial charge in [-0.3, -0.25) is 4.79 Å². The summed E-state index contributed by atoms with van der Waals surface area (Å²) in [4.78, 5) is 17.1. The van der Waals surface area contributed by atoms with Gasteiger partial charge < -0.3 is 9.30 Å². The van der Waals surface area contributed by atoms with E-state index in [1.165, 1.54) is 17.8 Å².